The van der Waals surface area contributed by atoms with Gasteiger partial charge in [0.1, 0.15) is 6.10 Å². The molecule has 4 heteroatoms. The van der Waals surface area contributed by atoms with E-state index in [0.717, 1.165) is 25.7 Å². The van der Waals surface area contributed by atoms with Crippen molar-refractivity contribution >= 4 is 5.91 Å². The van der Waals surface area contributed by atoms with E-state index in [1.807, 2.05) is 6.92 Å². The zero-order valence-corrected chi connectivity index (χ0v) is 12.7. The Kier molecular flexibility index (Phi) is 6.80. The predicted octanol–water partition coefficient (Wildman–Crippen LogP) is 2.36. The van der Waals surface area contributed by atoms with E-state index in [1.54, 1.807) is 0 Å². The van der Waals surface area contributed by atoms with Gasteiger partial charge in [-0.25, -0.2) is 0 Å². The van der Waals surface area contributed by atoms with Crippen molar-refractivity contribution < 1.29 is 9.53 Å². The maximum Gasteiger partial charge on any atom is 0.249 e. The van der Waals surface area contributed by atoms with E-state index < -0.39 is 6.10 Å². The summed E-state index contributed by atoms with van der Waals surface area (Å²) in [5.41, 5.74) is 6.08. The number of rotatable bonds is 7. The predicted molar refractivity (Wildman–Crippen MR) is 77.9 cm³/mol. The summed E-state index contributed by atoms with van der Waals surface area (Å²) in [7, 11) is 0. The van der Waals surface area contributed by atoms with Gasteiger partial charge in [0, 0.05) is 11.6 Å². The van der Waals surface area contributed by atoms with Crippen LogP contribution in [0, 0.1) is 0 Å². The molecule has 0 aromatic carbocycles. The topological polar surface area (TPSA) is 64.3 Å². The van der Waals surface area contributed by atoms with Gasteiger partial charge in [-0.1, -0.05) is 33.1 Å². The molecule has 0 aromatic rings. The standard InChI is InChI=1S/C15H30N2O2/c1-4-13(5-2)17-14(18)12(3)19-11-15(16)9-7-6-8-10-15/h12-13H,4-11,16H2,1-3H3,(H,17,18). The van der Waals surface area contributed by atoms with Gasteiger partial charge in [0.25, 0.3) is 0 Å². The summed E-state index contributed by atoms with van der Waals surface area (Å²) in [6.07, 6.45) is 7.13. The van der Waals surface area contributed by atoms with Crippen molar-refractivity contribution in [3.05, 3.63) is 0 Å². The van der Waals surface area contributed by atoms with Crippen LogP contribution in [0.15, 0.2) is 0 Å². The molecule has 1 aliphatic carbocycles. The summed E-state index contributed by atoms with van der Waals surface area (Å²) in [6.45, 7) is 6.46. The van der Waals surface area contributed by atoms with Crippen LogP contribution in [0.3, 0.4) is 0 Å². The number of ether oxygens (including phenoxy) is 1. The molecule has 1 rings (SSSR count). The molecule has 1 unspecified atom stereocenters. The second-order valence-corrected chi connectivity index (χ2v) is 5.90. The van der Waals surface area contributed by atoms with Crippen molar-refractivity contribution in [3.63, 3.8) is 0 Å². The molecule has 0 spiro atoms. The fraction of sp³-hybridized carbons (Fsp3) is 0.933. The summed E-state index contributed by atoms with van der Waals surface area (Å²) < 4.78 is 5.70. The number of carbonyl (C=O) groups is 1. The van der Waals surface area contributed by atoms with Gasteiger partial charge in [-0.2, -0.15) is 0 Å². The first kappa shape index (κ1) is 16.4. The van der Waals surface area contributed by atoms with E-state index in [-0.39, 0.29) is 17.5 Å². The zero-order valence-electron chi connectivity index (χ0n) is 12.7. The van der Waals surface area contributed by atoms with Gasteiger partial charge < -0.3 is 15.8 Å². The van der Waals surface area contributed by atoms with Gasteiger partial charge in [-0.15, -0.1) is 0 Å². The number of nitrogens with two attached hydrogens (primary N) is 1. The lowest BCUT2D eigenvalue weighted by Crippen LogP contribution is -2.48. The second-order valence-electron chi connectivity index (χ2n) is 5.90. The van der Waals surface area contributed by atoms with Crippen LogP contribution in [0.5, 0.6) is 0 Å². The number of hydrogen-bond acceptors (Lipinski definition) is 3. The molecule has 19 heavy (non-hydrogen) atoms. The van der Waals surface area contributed by atoms with E-state index in [1.165, 1.54) is 19.3 Å². The lowest BCUT2D eigenvalue weighted by atomic mass is 9.83. The smallest absolute Gasteiger partial charge is 0.249 e. The Labute approximate surface area is 117 Å². The first-order chi connectivity index (χ1) is 9.00. The highest BCUT2D eigenvalue weighted by Gasteiger charge is 2.29. The van der Waals surface area contributed by atoms with Gasteiger partial charge in [0.15, 0.2) is 0 Å². The fourth-order valence-corrected chi connectivity index (χ4v) is 2.58. The Morgan fingerprint density at radius 3 is 2.37 bits per heavy atom. The van der Waals surface area contributed by atoms with Crippen LogP contribution in [0.4, 0.5) is 0 Å². The van der Waals surface area contributed by atoms with Crippen molar-refractivity contribution in [2.75, 3.05) is 6.61 Å². The van der Waals surface area contributed by atoms with E-state index in [2.05, 4.69) is 19.2 Å². The third-order valence-electron chi connectivity index (χ3n) is 4.17. The molecule has 0 aliphatic heterocycles. The lowest BCUT2D eigenvalue weighted by molar-refractivity contribution is -0.133. The highest BCUT2D eigenvalue weighted by atomic mass is 16.5. The average molecular weight is 270 g/mol. The van der Waals surface area contributed by atoms with E-state index >= 15 is 0 Å². The molecule has 0 saturated heterocycles. The van der Waals surface area contributed by atoms with Crippen molar-refractivity contribution in [3.8, 4) is 0 Å². The zero-order chi connectivity index (χ0) is 14.3. The fourth-order valence-electron chi connectivity index (χ4n) is 2.58. The monoisotopic (exact) mass is 270 g/mol. The maximum absolute atomic E-state index is 12.0. The molecular formula is C15H30N2O2. The third-order valence-corrected chi connectivity index (χ3v) is 4.17. The summed E-state index contributed by atoms with van der Waals surface area (Å²) in [5.74, 6) is -0.0203. The summed E-state index contributed by atoms with van der Waals surface area (Å²) in [6, 6.07) is 0.250. The van der Waals surface area contributed by atoms with Crippen molar-refractivity contribution in [2.24, 2.45) is 5.73 Å². The van der Waals surface area contributed by atoms with Crippen LogP contribution in [0.25, 0.3) is 0 Å². The van der Waals surface area contributed by atoms with Crippen LogP contribution in [-0.4, -0.2) is 30.2 Å². The minimum Gasteiger partial charge on any atom is -0.367 e. The Balaban J connectivity index is 2.33. The van der Waals surface area contributed by atoms with Crippen LogP contribution >= 0.6 is 0 Å². The number of nitrogens with one attached hydrogen (secondary N) is 1. The molecule has 1 fully saturated rings. The normalized spacial score (nSPS) is 20.3. The van der Waals surface area contributed by atoms with Crippen LogP contribution in [-0.2, 0) is 9.53 Å². The van der Waals surface area contributed by atoms with Crippen LogP contribution < -0.4 is 11.1 Å². The van der Waals surface area contributed by atoms with E-state index in [9.17, 15) is 4.79 Å². The number of hydrogen-bond donors (Lipinski definition) is 2. The Hall–Kier alpha value is -0.610. The minimum absolute atomic E-state index is 0.0203. The van der Waals surface area contributed by atoms with Gasteiger partial charge >= 0.3 is 0 Å². The molecule has 4 nitrogen and oxygen atoms in total. The largest absolute Gasteiger partial charge is 0.367 e. The Bertz CT molecular complexity index is 271. The van der Waals surface area contributed by atoms with Gasteiger partial charge in [0.05, 0.1) is 6.61 Å². The number of amides is 1. The molecule has 1 amide bonds. The molecule has 0 aromatic heterocycles. The van der Waals surface area contributed by atoms with Crippen LogP contribution in [0.1, 0.15) is 65.7 Å². The van der Waals surface area contributed by atoms with Crippen LogP contribution in [0.2, 0.25) is 0 Å². The Morgan fingerprint density at radius 1 is 1.26 bits per heavy atom. The highest BCUT2D eigenvalue weighted by molar-refractivity contribution is 5.80. The molecule has 0 heterocycles. The molecule has 1 aliphatic rings. The molecule has 3 N–H and O–H groups in total. The highest BCUT2D eigenvalue weighted by Crippen LogP contribution is 2.26. The minimum atomic E-state index is -0.414. The molecule has 0 radical (unpaired) electrons. The second kappa shape index (κ2) is 7.85. The Morgan fingerprint density at radius 2 is 1.84 bits per heavy atom. The van der Waals surface area contributed by atoms with Crippen molar-refractivity contribution in [1.82, 2.24) is 5.32 Å². The van der Waals surface area contributed by atoms with E-state index in [0.29, 0.717) is 6.61 Å². The maximum atomic E-state index is 12.0. The van der Waals surface area contributed by atoms with Crippen molar-refractivity contribution in [1.29, 1.82) is 0 Å². The molecule has 1 saturated carbocycles. The van der Waals surface area contributed by atoms with Gasteiger partial charge in [-0.05, 0) is 32.6 Å². The molecule has 112 valence electrons. The molecule has 0 bridgehead atoms. The van der Waals surface area contributed by atoms with Gasteiger partial charge in [0.2, 0.25) is 5.91 Å². The van der Waals surface area contributed by atoms with E-state index in [4.69, 9.17) is 10.5 Å². The van der Waals surface area contributed by atoms with Crippen molar-refractivity contribution in [2.45, 2.75) is 83.4 Å². The molecular weight excluding hydrogens is 240 g/mol. The lowest BCUT2D eigenvalue weighted by Gasteiger charge is -2.34. The third kappa shape index (κ3) is 5.49. The summed E-state index contributed by atoms with van der Waals surface area (Å²) in [4.78, 5) is 12.0. The SMILES string of the molecule is CCC(CC)NC(=O)C(C)OCC1(N)CCCCC1. The quantitative estimate of drug-likeness (QED) is 0.746. The first-order valence-corrected chi connectivity index (χ1v) is 7.71. The first-order valence-electron chi connectivity index (χ1n) is 7.71. The number of carbonyl (C=O) groups excluding carboxylic acids is 1. The average Bonchev–Trinajstić information content (AvgIpc) is 2.42. The summed E-state index contributed by atoms with van der Waals surface area (Å²) >= 11 is 0. The molecule has 1 atom stereocenters. The van der Waals surface area contributed by atoms with Gasteiger partial charge in [-0.3, -0.25) is 4.79 Å². The summed E-state index contributed by atoms with van der Waals surface area (Å²) in [5, 5.41) is 3.01.